The standard InChI is InChI=1S/C18H16F2N4O3S/c1-18(2)14(13-6-4-10(8-22-13)28(21,25)26)15(18)17-23-16(24-27-17)11-5-3-9(19)7-12(11)20/h3-8,14-15H,1-2H3,(H2,21,25,26)/t14-,15+/m1/s1. The molecule has 0 unspecified atom stereocenters. The van der Waals surface area contributed by atoms with E-state index in [1.807, 2.05) is 13.8 Å². The van der Waals surface area contributed by atoms with Crippen LogP contribution < -0.4 is 5.14 Å². The van der Waals surface area contributed by atoms with E-state index >= 15 is 0 Å². The van der Waals surface area contributed by atoms with Crippen LogP contribution in [-0.2, 0) is 10.0 Å². The highest BCUT2D eigenvalue weighted by Gasteiger charge is 2.62. The van der Waals surface area contributed by atoms with Gasteiger partial charge >= 0.3 is 0 Å². The molecule has 28 heavy (non-hydrogen) atoms. The Morgan fingerprint density at radius 2 is 1.89 bits per heavy atom. The molecule has 2 heterocycles. The number of nitrogens with zero attached hydrogens (tertiary/aromatic N) is 3. The molecule has 1 aliphatic rings. The molecular weight excluding hydrogens is 390 g/mol. The second-order valence-corrected chi connectivity index (χ2v) is 8.88. The first kappa shape index (κ1) is 18.6. The summed E-state index contributed by atoms with van der Waals surface area (Å²) in [5, 5.41) is 8.91. The summed E-state index contributed by atoms with van der Waals surface area (Å²) in [6, 6.07) is 6.13. The van der Waals surface area contributed by atoms with E-state index in [-0.39, 0.29) is 33.5 Å². The highest BCUT2D eigenvalue weighted by atomic mass is 32.2. The SMILES string of the molecule is CC1(C)[C@H](c2ccc(S(N)(=O)=O)cn2)[C@H]1c1nc(-c2ccc(F)cc2F)no1. The van der Waals surface area contributed by atoms with Crippen LogP contribution >= 0.6 is 0 Å². The maximum absolute atomic E-state index is 14.0. The summed E-state index contributed by atoms with van der Waals surface area (Å²) in [6.45, 7) is 3.97. The first-order valence-corrected chi connectivity index (χ1v) is 9.91. The highest BCUT2D eigenvalue weighted by Crippen LogP contribution is 2.69. The molecule has 0 saturated heterocycles. The Kier molecular flexibility index (Phi) is 4.09. The van der Waals surface area contributed by atoms with Crippen molar-refractivity contribution in [1.82, 2.24) is 15.1 Å². The summed E-state index contributed by atoms with van der Waals surface area (Å²) >= 11 is 0. The normalized spacial score (nSPS) is 20.9. The van der Waals surface area contributed by atoms with Crippen molar-refractivity contribution in [2.45, 2.75) is 30.6 Å². The van der Waals surface area contributed by atoms with Crippen LogP contribution in [0.5, 0.6) is 0 Å². The molecule has 0 amide bonds. The minimum absolute atomic E-state index is 0.0338. The van der Waals surface area contributed by atoms with Crippen molar-refractivity contribution in [1.29, 1.82) is 0 Å². The Balaban J connectivity index is 1.63. The smallest absolute Gasteiger partial charge is 0.239 e. The van der Waals surface area contributed by atoms with Crippen LogP contribution in [0.2, 0.25) is 0 Å². The molecule has 2 aromatic heterocycles. The Morgan fingerprint density at radius 1 is 1.14 bits per heavy atom. The highest BCUT2D eigenvalue weighted by molar-refractivity contribution is 7.89. The summed E-state index contributed by atoms with van der Waals surface area (Å²) < 4.78 is 55.1. The molecule has 2 N–H and O–H groups in total. The van der Waals surface area contributed by atoms with Crippen LogP contribution in [-0.4, -0.2) is 23.5 Å². The number of rotatable bonds is 4. The van der Waals surface area contributed by atoms with Gasteiger partial charge in [0.05, 0.1) is 11.5 Å². The van der Waals surface area contributed by atoms with Crippen LogP contribution in [0, 0.1) is 17.0 Å². The lowest BCUT2D eigenvalue weighted by Gasteiger charge is -2.03. The van der Waals surface area contributed by atoms with Gasteiger partial charge in [0, 0.05) is 23.9 Å². The number of sulfonamides is 1. The zero-order valence-electron chi connectivity index (χ0n) is 14.9. The Labute approximate surface area is 159 Å². The van der Waals surface area contributed by atoms with Crippen molar-refractivity contribution >= 4 is 10.0 Å². The van der Waals surface area contributed by atoms with Gasteiger partial charge in [0.25, 0.3) is 0 Å². The van der Waals surface area contributed by atoms with E-state index in [4.69, 9.17) is 9.66 Å². The van der Waals surface area contributed by atoms with Crippen molar-refractivity contribution < 1.29 is 21.7 Å². The molecule has 10 heteroatoms. The number of halogens is 2. The average molecular weight is 406 g/mol. The van der Waals surface area contributed by atoms with Gasteiger partial charge in [-0.2, -0.15) is 4.98 Å². The molecule has 1 aromatic carbocycles. The number of hydrogen-bond donors (Lipinski definition) is 1. The molecule has 146 valence electrons. The van der Waals surface area contributed by atoms with Crippen molar-refractivity contribution in [2.24, 2.45) is 10.6 Å². The largest absolute Gasteiger partial charge is 0.339 e. The van der Waals surface area contributed by atoms with E-state index in [9.17, 15) is 17.2 Å². The predicted molar refractivity (Wildman–Crippen MR) is 94.5 cm³/mol. The van der Waals surface area contributed by atoms with Crippen molar-refractivity contribution in [3.05, 3.63) is 59.7 Å². The third kappa shape index (κ3) is 3.08. The predicted octanol–water partition coefficient (Wildman–Crippen LogP) is 2.96. The van der Waals surface area contributed by atoms with E-state index < -0.39 is 21.7 Å². The summed E-state index contributed by atoms with van der Waals surface area (Å²) in [6.07, 6.45) is 1.21. The van der Waals surface area contributed by atoms with Crippen molar-refractivity contribution in [2.75, 3.05) is 0 Å². The van der Waals surface area contributed by atoms with E-state index in [2.05, 4.69) is 15.1 Å². The van der Waals surface area contributed by atoms with E-state index in [0.717, 1.165) is 12.1 Å². The minimum Gasteiger partial charge on any atom is -0.339 e. The number of nitrogens with two attached hydrogens (primary N) is 1. The Hall–Kier alpha value is -2.72. The molecule has 7 nitrogen and oxygen atoms in total. The number of pyridine rings is 1. The monoisotopic (exact) mass is 406 g/mol. The van der Waals surface area contributed by atoms with Gasteiger partial charge in [0.15, 0.2) is 0 Å². The van der Waals surface area contributed by atoms with E-state index in [1.165, 1.54) is 18.3 Å². The van der Waals surface area contributed by atoms with Crippen LogP contribution in [0.3, 0.4) is 0 Å². The molecule has 0 bridgehead atoms. The molecule has 1 fully saturated rings. The average Bonchev–Trinajstić information content (AvgIpc) is 2.95. The third-order valence-corrected chi connectivity index (χ3v) is 6.01. The van der Waals surface area contributed by atoms with Gasteiger partial charge in [-0.3, -0.25) is 4.98 Å². The Bertz CT molecular complexity index is 1160. The van der Waals surface area contributed by atoms with Crippen LogP contribution in [0.25, 0.3) is 11.4 Å². The zero-order chi connectivity index (χ0) is 20.3. The van der Waals surface area contributed by atoms with E-state index in [0.29, 0.717) is 11.6 Å². The zero-order valence-corrected chi connectivity index (χ0v) is 15.7. The fourth-order valence-electron chi connectivity index (χ4n) is 3.54. The molecule has 2 atom stereocenters. The van der Waals surface area contributed by atoms with Gasteiger partial charge in [-0.1, -0.05) is 19.0 Å². The lowest BCUT2D eigenvalue weighted by Crippen LogP contribution is -2.12. The first-order chi connectivity index (χ1) is 13.1. The van der Waals surface area contributed by atoms with Gasteiger partial charge in [0.1, 0.15) is 16.5 Å². The first-order valence-electron chi connectivity index (χ1n) is 8.37. The quantitative estimate of drug-likeness (QED) is 0.713. The second-order valence-electron chi connectivity index (χ2n) is 7.32. The van der Waals surface area contributed by atoms with Crippen LogP contribution in [0.4, 0.5) is 8.78 Å². The van der Waals surface area contributed by atoms with Crippen molar-refractivity contribution in [3.63, 3.8) is 0 Å². The molecule has 3 aromatic rings. The lowest BCUT2D eigenvalue weighted by molar-refractivity contribution is 0.368. The third-order valence-electron chi connectivity index (χ3n) is 5.11. The summed E-state index contributed by atoms with van der Waals surface area (Å²) in [4.78, 5) is 8.42. The van der Waals surface area contributed by atoms with Crippen LogP contribution in [0.15, 0.2) is 45.9 Å². The Morgan fingerprint density at radius 3 is 2.50 bits per heavy atom. The summed E-state index contributed by atoms with van der Waals surface area (Å²) in [5.74, 6) is -1.39. The number of primary sulfonamides is 1. The second kappa shape index (κ2) is 6.14. The van der Waals surface area contributed by atoms with Gasteiger partial charge in [-0.25, -0.2) is 22.3 Å². The van der Waals surface area contributed by atoms with Crippen LogP contribution in [0.1, 0.15) is 37.3 Å². The fourth-order valence-corrected chi connectivity index (χ4v) is 3.99. The van der Waals surface area contributed by atoms with Gasteiger partial charge in [0.2, 0.25) is 21.7 Å². The molecule has 1 aliphatic carbocycles. The van der Waals surface area contributed by atoms with E-state index in [1.54, 1.807) is 6.07 Å². The van der Waals surface area contributed by atoms with Gasteiger partial charge < -0.3 is 4.52 Å². The molecule has 0 spiro atoms. The molecular formula is C18H16F2N4O3S. The summed E-state index contributed by atoms with van der Waals surface area (Å²) in [7, 11) is -3.82. The number of benzene rings is 1. The van der Waals surface area contributed by atoms with Gasteiger partial charge in [-0.05, 0) is 29.7 Å². The molecule has 0 aliphatic heterocycles. The minimum atomic E-state index is -3.82. The number of hydrogen-bond acceptors (Lipinski definition) is 6. The summed E-state index contributed by atoms with van der Waals surface area (Å²) in [5.41, 5.74) is 0.429. The molecule has 1 saturated carbocycles. The topological polar surface area (TPSA) is 112 Å². The molecule has 0 radical (unpaired) electrons. The fraction of sp³-hybridized carbons (Fsp3) is 0.278. The lowest BCUT2D eigenvalue weighted by atomic mass is 10.1. The van der Waals surface area contributed by atoms with Gasteiger partial charge in [-0.15, -0.1) is 0 Å². The van der Waals surface area contributed by atoms with Crippen molar-refractivity contribution in [3.8, 4) is 11.4 Å². The molecule has 4 rings (SSSR count). The maximum Gasteiger partial charge on any atom is 0.239 e. The number of aromatic nitrogens is 3. The maximum atomic E-state index is 14.0.